The topological polar surface area (TPSA) is 93.6 Å². The van der Waals surface area contributed by atoms with E-state index in [0.29, 0.717) is 29.9 Å². The van der Waals surface area contributed by atoms with Gasteiger partial charge in [0.05, 0.1) is 6.10 Å². The van der Waals surface area contributed by atoms with Gasteiger partial charge in [0.2, 0.25) is 0 Å². The molecule has 0 radical (unpaired) electrons. The number of carboxylic acid groups (broad SMARTS) is 1. The van der Waals surface area contributed by atoms with Crippen LogP contribution in [-0.4, -0.2) is 44.8 Å². The lowest BCUT2D eigenvalue weighted by atomic mass is 10.1. The number of nitrogens with one attached hydrogen (secondary N) is 1. The van der Waals surface area contributed by atoms with Crippen LogP contribution in [0.25, 0.3) is 0 Å². The van der Waals surface area contributed by atoms with Gasteiger partial charge >= 0.3 is 5.97 Å². The Morgan fingerprint density at radius 3 is 2.84 bits per heavy atom. The van der Waals surface area contributed by atoms with Crippen LogP contribution in [0.1, 0.15) is 23.2 Å². The number of β-amino-alcohol motifs (C(OH)–C–C–N with tert-alkyl or cyclic N) is 1. The van der Waals surface area contributed by atoms with Crippen LogP contribution in [0.2, 0.25) is 0 Å². The molecule has 0 aromatic carbocycles. The Bertz CT molecular complexity index is 552. The third-order valence-corrected chi connectivity index (χ3v) is 3.64. The second-order valence-corrected chi connectivity index (χ2v) is 5.08. The van der Waals surface area contributed by atoms with Crippen molar-refractivity contribution in [3.05, 3.63) is 33.2 Å². The molecule has 1 aliphatic heterocycles. The van der Waals surface area contributed by atoms with Crippen LogP contribution < -0.4 is 5.43 Å². The van der Waals surface area contributed by atoms with Gasteiger partial charge in [-0.15, -0.1) is 0 Å². The minimum Gasteiger partial charge on any atom is -0.480 e. The first-order valence-electron chi connectivity index (χ1n) is 6.23. The van der Waals surface area contributed by atoms with Crippen LogP contribution in [0, 0.1) is 13.8 Å². The fourth-order valence-corrected chi connectivity index (χ4v) is 2.48. The van der Waals surface area contributed by atoms with Crippen molar-refractivity contribution < 1.29 is 15.0 Å². The molecule has 1 saturated heterocycles. The minimum absolute atomic E-state index is 0.0274. The normalized spacial score (nSPS) is 23.7. The summed E-state index contributed by atoms with van der Waals surface area (Å²) in [5.74, 6) is -0.941. The minimum atomic E-state index is -0.941. The number of H-pyrrole nitrogens is 1. The maximum absolute atomic E-state index is 11.8. The number of aryl methyl sites for hydroxylation is 1. The van der Waals surface area contributed by atoms with Crippen LogP contribution >= 0.6 is 0 Å². The molecule has 0 spiro atoms. The molecule has 2 atom stereocenters. The fraction of sp³-hybridized carbons (Fsp3) is 0.538. The van der Waals surface area contributed by atoms with Crippen molar-refractivity contribution in [2.75, 3.05) is 6.54 Å². The smallest absolute Gasteiger partial charge is 0.321 e. The average molecular weight is 266 g/mol. The van der Waals surface area contributed by atoms with Crippen LogP contribution in [-0.2, 0) is 11.3 Å². The Hall–Kier alpha value is -1.66. The number of aliphatic hydroxyl groups is 1. The van der Waals surface area contributed by atoms with Crippen molar-refractivity contribution in [2.24, 2.45) is 0 Å². The number of aliphatic carboxylic acids is 1. The van der Waals surface area contributed by atoms with Gasteiger partial charge in [-0.2, -0.15) is 0 Å². The summed E-state index contributed by atoms with van der Waals surface area (Å²) in [7, 11) is 0. The van der Waals surface area contributed by atoms with E-state index in [1.807, 2.05) is 0 Å². The highest BCUT2D eigenvalue weighted by Crippen LogP contribution is 2.20. The first kappa shape index (κ1) is 13.8. The number of aromatic amines is 1. The highest BCUT2D eigenvalue weighted by molar-refractivity contribution is 5.74. The summed E-state index contributed by atoms with van der Waals surface area (Å²) in [6.07, 6.45) is 1.23. The molecule has 0 saturated carbocycles. The predicted octanol–water partition coefficient (Wildman–Crippen LogP) is 0.0115. The van der Waals surface area contributed by atoms with Crippen molar-refractivity contribution in [2.45, 2.75) is 39.0 Å². The monoisotopic (exact) mass is 266 g/mol. The Balaban J connectivity index is 2.24. The van der Waals surface area contributed by atoms with Crippen LogP contribution in [0.3, 0.4) is 0 Å². The molecule has 0 bridgehead atoms. The highest BCUT2D eigenvalue weighted by Gasteiger charge is 2.36. The number of hydrogen-bond donors (Lipinski definition) is 3. The van der Waals surface area contributed by atoms with E-state index in [0.717, 1.165) is 0 Å². The summed E-state index contributed by atoms with van der Waals surface area (Å²) in [6, 6.07) is -0.695. The van der Waals surface area contributed by atoms with Gasteiger partial charge in [0.25, 0.3) is 0 Å². The van der Waals surface area contributed by atoms with Crippen molar-refractivity contribution in [1.82, 2.24) is 9.88 Å². The van der Waals surface area contributed by atoms with Gasteiger partial charge in [0.1, 0.15) is 6.04 Å². The SMILES string of the molecule is Cc1c[nH]c(CN2C[C@H](O)C[C@H]2C(=O)O)c(C)c1=O. The van der Waals surface area contributed by atoms with E-state index in [4.69, 9.17) is 5.11 Å². The van der Waals surface area contributed by atoms with Gasteiger partial charge in [0.15, 0.2) is 5.43 Å². The van der Waals surface area contributed by atoms with Crippen LogP contribution in [0.4, 0.5) is 0 Å². The molecule has 0 unspecified atom stereocenters. The molecule has 2 heterocycles. The summed E-state index contributed by atoms with van der Waals surface area (Å²) < 4.78 is 0. The Morgan fingerprint density at radius 1 is 1.53 bits per heavy atom. The number of rotatable bonds is 3. The van der Waals surface area contributed by atoms with Crippen LogP contribution in [0.15, 0.2) is 11.0 Å². The van der Waals surface area contributed by atoms with E-state index in [-0.39, 0.29) is 11.8 Å². The summed E-state index contributed by atoms with van der Waals surface area (Å²) >= 11 is 0. The molecule has 3 N–H and O–H groups in total. The molecule has 2 rings (SSSR count). The number of likely N-dealkylation sites (tertiary alicyclic amines) is 1. The van der Waals surface area contributed by atoms with Crippen molar-refractivity contribution in [1.29, 1.82) is 0 Å². The molecule has 1 aliphatic rings. The molecular formula is C13H18N2O4. The number of aromatic nitrogens is 1. The number of carboxylic acids is 1. The van der Waals surface area contributed by atoms with Gasteiger partial charge in [-0.05, 0) is 13.8 Å². The van der Waals surface area contributed by atoms with Crippen molar-refractivity contribution in [3.63, 3.8) is 0 Å². The quantitative estimate of drug-likeness (QED) is 0.716. The second-order valence-electron chi connectivity index (χ2n) is 5.08. The average Bonchev–Trinajstić information content (AvgIpc) is 2.71. The maximum atomic E-state index is 11.8. The van der Waals surface area contributed by atoms with Gasteiger partial charge < -0.3 is 15.2 Å². The molecule has 1 aromatic heterocycles. The number of hydrogen-bond acceptors (Lipinski definition) is 4. The summed E-state index contributed by atoms with van der Waals surface area (Å²) in [5.41, 5.74) is 1.92. The Morgan fingerprint density at radius 2 is 2.21 bits per heavy atom. The number of nitrogens with zero attached hydrogens (tertiary/aromatic N) is 1. The zero-order valence-electron chi connectivity index (χ0n) is 11.0. The number of aliphatic hydroxyl groups excluding tert-OH is 1. The molecule has 19 heavy (non-hydrogen) atoms. The molecular weight excluding hydrogens is 248 g/mol. The number of carbonyl (C=O) groups is 1. The molecule has 6 heteroatoms. The van der Waals surface area contributed by atoms with Crippen molar-refractivity contribution >= 4 is 5.97 Å². The van der Waals surface area contributed by atoms with E-state index < -0.39 is 18.1 Å². The lowest BCUT2D eigenvalue weighted by Gasteiger charge is -2.21. The van der Waals surface area contributed by atoms with Gasteiger partial charge in [0, 0.05) is 42.5 Å². The largest absolute Gasteiger partial charge is 0.480 e. The summed E-state index contributed by atoms with van der Waals surface area (Å²) in [6.45, 7) is 4.10. The zero-order valence-corrected chi connectivity index (χ0v) is 11.0. The third-order valence-electron chi connectivity index (χ3n) is 3.64. The van der Waals surface area contributed by atoms with Crippen LogP contribution in [0.5, 0.6) is 0 Å². The highest BCUT2D eigenvalue weighted by atomic mass is 16.4. The fourth-order valence-electron chi connectivity index (χ4n) is 2.48. The third kappa shape index (κ3) is 2.69. The van der Waals surface area contributed by atoms with E-state index in [1.54, 1.807) is 24.9 Å². The molecule has 6 nitrogen and oxygen atoms in total. The first-order chi connectivity index (χ1) is 8.90. The standard InChI is InChI=1S/C13H18N2O4/c1-7-4-14-10(8(2)12(7)17)6-15-5-9(16)3-11(15)13(18)19/h4,9,11,16H,3,5-6H2,1-2H3,(H,14,17)(H,18,19)/t9-,11+/m1/s1. The number of pyridine rings is 1. The van der Waals surface area contributed by atoms with Crippen molar-refractivity contribution in [3.8, 4) is 0 Å². The predicted molar refractivity (Wildman–Crippen MR) is 69.0 cm³/mol. The summed E-state index contributed by atoms with van der Waals surface area (Å²) in [4.78, 5) is 27.7. The molecule has 1 fully saturated rings. The summed E-state index contributed by atoms with van der Waals surface area (Å²) in [5, 5.41) is 18.7. The van der Waals surface area contributed by atoms with Gasteiger partial charge in [-0.3, -0.25) is 14.5 Å². The van der Waals surface area contributed by atoms with E-state index in [2.05, 4.69) is 4.98 Å². The lowest BCUT2D eigenvalue weighted by molar-refractivity contribution is -0.142. The van der Waals surface area contributed by atoms with E-state index in [9.17, 15) is 14.7 Å². The van der Waals surface area contributed by atoms with E-state index >= 15 is 0 Å². The lowest BCUT2D eigenvalue weighted by Crippen LogP contribution is -2.36. The van der Waals surface area contributed by atoms with Gasteiger partial charge in [-0.25, -0.2) is 0 Å². The Kier molecular flexibility index (Phi) is 3.73. The molecule has 1 aromatic rings. The zero-order chi connectivity index (χ0) is 14.2. The Labute approximate surface area is 110 Å². The molecule has 0 aliphatic carbocycles. The first-order valence-corrected chi connectivity index (χ1v) is 6.23. The maximum Gasteiger partial charge on any atom is 0.321 e. The van der Waals surface area contributed by atoms with E-state index in [1.165, 1.54) is 0 Å². The van der Waals surface area contributed by atoms with Gasteiger partial charge in [-0.1, -0.05) is 0 Å². The second kappa shape index (κ2) is 5.14. The molecule has 104 valence electrons. The molecule has 0 amide bonds.